The van der Waals surface area contributed by atoms with Crippen LogP contribution in [0.1, 0.15) is 12.8 Å². The first-order valence-corrected chi connectivity index (χ1v) is 8.35. The summed E-state index contributed by atoms with van der Waals surface area (Å²) >= 11 is 0. The highest BCUT2D eigenvalue weighted by atomic mass is 16.5. The van der Waals surface area contributed by atoms with Crippen LogP contribution in [0, 0.1) is 5.92 Å². The second-order valence-corrected chi connectivity index (χ2v) is 6.78. The van der Waals surface area contributed by atoms with Crippen LogP contribution in [0.15, 0.2) is 24.5 Å². The van der Waals surface area contributed by atoms with Gasteiger partial charge in [0.25, 0.3) is 5.91 Å². The molecule has 1 amide bonds. The zero-order chi connectivity index (χ0) is 16.2. The molecule has 6 heteroatoms. The van der Waals surface area contributed by atoms with E-state index in [4.69, 9.17) is 4.74 Å². The van der Waals surface area contributed by atoms with Crippen LogP contribution in [-0.2, 0) is 9.53 Å². The lowest BCUT2D eigenvalue weighted by Gasteiger charge is -2.34. The molecular formula is C17H26N4O2. The third-order valence-electron chi connectivity index (χ3n) is 4.72. The Morgan fingerprint density at radius 2 is 2.39 bits per heavy atom. The van der Waals surface area contributed by atoms with Crippen LogP contribution in [0.25, 0.3) is 0 Å². The van der Waals surface area contributed by atoms with Crippen LogP contribution >= 0.6 is 0 Å². The van der Waals surface area contributed by atoms with Gasteiger partial charge in [-0.3, -0.25) is 14.7 Å². The zero-order valence-electron chi connectivity index (χ0n) is 13.9. The third kappa shape index (κ3) is 4.28. The maximum Gasteiger partial charge on any atom is 0.253 e. The van der Waals surface area contributed by atoms with Crippen molar-refractivity contribution in [1.29, 1.82) is 0 Å². The first-order chi connectivity index (χ1) is 11.1. The molecule has 0 aromatic carbocycles. The van der Waals surface area contributed by atoms with Crippen molar-refractivity contribution in [3.63, 3.8) is 0 Å². The van der Waals surface area contributed by atoms with Crippen LogP contribution in [0.2, 0.25) is 0 Å². The van der Waals surface area contributed by atoms with Gasteiger partial charge in [0.2, 0.25) is 0 Å². The van der Waals surface area contributed by atoms with Gasteiger partial charge in [-0.1, -0.05) is 0 Å². The molecule has 0 bridgehead atoms. The summed E-state index contributed by atoms with van der Waals surface area (Å²) in [5, 5.41) is 2.90. The van der Waals surface area contributed by atoms with Gasteiger partial charge in [0.1, 0.15) is 6.10 Å². The quantitative estimate of drug-likeness (QED) is 0.880. The number of nitrogens with one attached hydrogen (secondary N) is 1. The Morgan fingerprint density at radius 1 is 1.52 bits per heavy atom. The van der Waals surface area contributed by atoms with Crippen molar-refractivity contribution in [2.24, 2.45) is 5.92 Å². The third-order valence-corrected chi connectivity index (χ3v) is 4.72. The second kappa shape index (κ2) is 7.38. The summed E-state index contributed by atoms with van der Waals surface area (Å²) < 4.78 is 6.05. The van der Waals surface area contributed by atoms with Gasteiger partial charge >= 0.3 is 0 Å². The molecule has 3 rings (SSSR count). The van der Waals surface area contributed by atoms with Crippen molar-refractivity contribution in [3.05, 3.63) is 24.5 Å². The maximum atomic E-state index is 12.4. The van der Waals surface area contributed by atoms with Gasteiger partial charge in [-0.2, -0.15) is 0 Å². The van der Waals surface area contributed by atoms with Crippen molar-refractivity contribution in [2.45, 2.75) is 25.0 Å². The highest BCUT2D eigenvalue weighted by Gasteiger charge is 2.41. The van der Waals surface area contributed by atoms with Gasteiger partial charge in [0, 0.05) is 25.8 Å². The average molecular weight is 318 g/mol. The fraction of sp³-hybridized carbons (Fsp3) is 0.647. The van der Waals surface area contributed by atoms with Gasteiger partial charge in [0.05, 0.1) is 18.0 Å². The number of piperidine rings is 1. The molecule has 2 fully saturated rings. The minimum absolute atomic E-state index is 0.0489. The van der Waals surface area contributed by atoms with Crippen LogP contribution in [-0.4, -0.2) is 73.2 Å². The zero-order valence-corrected chi connectivity index (χ0v) is 13.9. The summed E-state index contributed by atoms with van der Waals surface area (Å²) in [6, 6.07) is 3.66. The molecule has 0 radical (unpaired) electrons. The van der Waals surface area contributed by atoms with E-state index in [0.29, 0.717) is 5.92 Å². The molecule has 0 aliphatic carbocycles. The van der Waals surface area contributed by atoms with E-state index in [1.165, 1.54) is 0 Å². The van der Waals surface area contributed by atoms with Crippen LogP contribution in [0.5, 0.6) is 0 Å². The Morgan fingerprint density at radius 3 is 3.13 bits per heavy atom. The molecule has 3 atom stereocenters. The number of fused-ring (bicyclic) bond motifs is 1. The molecule has 1 N–H and O–H groups in total. The summed E-state index contributed by atoms with van der Waals surface area (Å²) in [4.78, 5) is 21.0. The van der Waals surface area contributed by atoms with Crippen LogP contribution < -0.4 is 5.32 Å². The Hall–Kier alpha value is -1.50. The summed E-state index contributed by atoms with van der Waals surface area (Å²) in [6.07, 6.45) is 5.16. The summed E-state index contributed by atoms with van der Waals surface area (Å²) in [6.45, 7) is 4.17. The van der Waals surface area contributed by atoms with E-state index in [2.05, 4.69) is 34.2 Å². The average Bonchev–Trinajstić information content (AvgIpc) is 2.97. The number of carbonyl (C=O) groups is 1. The normalized spacial score (nSPS) is 27.9. The van der Waals surface area contributed by atoms with E-state index in [1.807, 2.05) is 12.1 Å². The lowest BCUT2D eigenvalue weighted by molar-refractivity contribution is -0.127. The van der Waals surface area contributed by atoms with Gasteiger partial charge in [-0.15, -0.1) is 0 Å². The molecule has 1 aromatic heterocycles. The number of rotatable bonds is 5. The molecule has 126 valence electrons. The molecule has 3 heterocycles. The highest BCUT2D eigenvalue weighted by molar-refractivity contribution is 5.94. The summed E-state index contributed by atoms with van der Waals surface area (Å²) in [7, 11) is 4.19. The maximum absolute atomic E-state index is 12.4. The van der Waals surface area contributed by atoms with E-state index in [9.17, 15) is 4.79 Å². The van der Waals surface area contributed by atoms with Crippen molar-refractivity contribution < 1.29 is 9.53 Å². The molecule has 23 heavy (non-hydrogen) atoms. The van der Waals surface area contributed by atoms with E-state index in [1.54, 1.807) is 12.4 Å². The number of hydrogen-bond acceptors (Lipinski definition) is 5. The van der Waals surface area contributed by atoms with Gasteiger partial charge in [-0.05, 0) is 51.5 Å². The number of ether oxygens (including phenoxy) is 1. The SMILES string of the molecule is CN(C)CCN1CC[C@H]2C[C@@H](C(=O)Nc3cccnc3)O[C@H]2C1. The smallest absolute Gasteiger partial charge is 0.253 e. The number of nitrogens with zero attached hydrogens (tertiary/aromatic N) is 3. The lowest BCUT2D eigenvalue weighted by atomic mass is 9.91. The molecule has 1 aromatic rings. The fourth-order valence-electron chi connectivity index (χ4n) is 3.37. The fourth-order valence-corrected chi connectivity index (χ4v) is 3.37. The number of amides is 1. The predicted octanol–water partition coefficient (Wildman–Crippen LogP) is 1.06. The molecule has 6 nitrogen and oxygen atoms in total. The number of carbonyl (C=O) groups excluding carboxylic acids is 1. The Labute approximate surface area is 137 Å². The minimum Gasteiger partial charge on any atom is -0.364 e. The molecule has 0 unspecified atom stereocenters. The number of anilines is 1. The standard InChI is InChI=1S/C17H26N4O2/c1-20(2)8-9-21-7-5-13-10-15(23-16(13)12-21)17(22)19-14-4-3-6-18-11-14/h3-4,6,11,13,15-16H,5,7-10,12H2,1-2H3,(H,19,22)/t13-,15-,16-/m0/s1. The number of likely N-dealkylation sites (N-methyl/N-ethyl adjacent to an activating group) is 1. The summed E-state index contributed by atoms with van der Waals surface area (Å²) in [5.41, 5.74) is 0.726. The monoisotopic (exact) mass is 318 g/mol. The lowest BCUT2D eigenvalue weighted by Crippen LogP contribution is -2.44. The minimum atomic E-state index is -0.334. The van der Waals surface area contributed by atoms with Crippen molar-refractivity contribution in [3.8, 4) is 0 Å². The van der Waals surface area contributed by atoms with Gasteiger partial charge < -0.3 is 15.0 Å². The van der Waals surface area contributed by atoms with Crippen LogP contribution in [0.3, 0.4) is 0 Å². The number of pyridine rings is 1. The molecule has 2 aliphatic heterocycles. The van der Waals surface area contributed by atoms with Gasteiger partial charge in [0.15, 0.2) is 0 Å². The Kier molecular flexibility index (Phi) is 5.25. The Balaban J connectivity index is 1.51. The first-order valence-electron chi connectivity index (χ1n) is 8.35. The van der Waals surface area contributed by atoms with Crippen molar-refractivity contribution >= 4 is 11.6 Å². The number of likely N-dealkylation sites (tertiary alicyclic amines) is 1. The molecule has 2 aliphatic rings. The topological polar surface area (TPSA) is 57.7 Å². The predicted molar refractivity (Wildman–Crippen MR) is 89.2 cm³/mol. The first kappa shape index (κ1) is 16.4. The number of hydrogen-bond donors (Lipinski definition) is 1. The van der Waals surface area contributed by atoms with E-state index < -0.39 is 0 Å². The summed E-state index contributed by atoms with van der Waals surface area (Å²) in [5.74, 6) is 0.461. The van der Waals surface area contributed by atoms with E-state index in [-0.39, 0.29) is 18.1 Å². The molecule has 0 saturated carbocycles. The Bertz CT molecular complexity index is 523. The largest absolute Gasteiger partial charge is 0.364 e. The van der Waals surface area contributed by atoms with E-state index in [0.717, 1.165) is 44.7 Å². The van der Waals surface area contributed by atoms with E-state index >= 15 is 0 Å². The molecule has 2 saturated heterocycles. The molecule has 0 spiro atoms. The van der Waals surface area contributed by atoms with Crippen molar-refractivity contribution in [2.75, 3.05) is 45.6 Å². The number of aromatic nitrogens is 1. The van der Waals surface area contributed by atoms with Gasteiger partial charge in [-0.25, -0.2) is 0 Å². The highest BCUT2D eigenvalue weighted by Crippen LogP contribution is 2.33. The van der Waals surface area contributed by atoms with Crippen LogP contribution in [0.4, 0.5) is 5.69 Å². The second-order valence-electron chi connectivity index (χ2n) is 6.78. The molecular weight excluding hydrogens is 292 g/mol. The van der Waals surface area contributed by atoms with Crippen molar-refractivity contribution in [1.82, 2.24) is 14.8 Å².